The maximum Gasteiger partial charge on any atom is 0.0886 e. The largest absolute Gasteiger partial charge is 0.253 e. The minimum Gasteiger partial charge on any atom is -0.253 e. The Hall–Kier alpha value is -1.44. The quantitative estimate of drug-likeness (QED) is 0.592. The molecule has 0 aliphatic heterocycles. The van der Waals surface area contributed by atoms with E-state index in [1.54, 1.807) is 12.4 Å². The Kier molecular flexibility index (Phi) is 3.20. The van der Waals surface area contributed by atoms with E-state index in [-0.39, 0.29) is 0 Å². The first-order chi connectivity index (χ1) is 5.97. The summed E-state index contributed by atoms with van der Waals surface area (Å²) in [6.45, 7) is 4.00. The van der Waals surface area contributed by atoms with Crippen molar-refractivity contribution in [2.75, 3.05) is 0 Å². The van der Waals surface area contributed by atoms with Crippen molar-refractivity contribution in [2.45, 2.75) is 13.8 Å². The van der Waals surface area contributed by atoms with E-state index >= 15 is 0 Å². The fourth-order valence-corrected chi connectivity index (χ4v) is 0.910. The summed E-state index contributed by atoms with van der Waals surface area (Å²) >= 11 is 0. The van der Waals surface area contributed by atoms with Crippen LogP contribution in [0.4, 0.5) is 0 Å². The van der Waals surface area contributed by atoms with Gasteiger partial charge >= 0.3 is 0 Å². The van der Waals surface area contributed by atoms with Crippen LogP contribution >= 0.6 is 0 Å². The lowest BCUT2D eigenvalue weighted by Gasteiger charge is -1.90. The lowest BCUT2D eigenvalue weighted by atomic mass is 10.3. The Morgan fingerprint density at radius 3 is 1.67 bits per heavy atom. The number of fused-ring (bicyclic) bond motifs is 1. The number of para-hydroxylation sites is 2. The van der Waals surface area contributed by atoms with Crippen LogP contribution in [0.3, 0.4) is 0 Å². The van der Waals surface area contributed by atoms with E-state index in [0.717, 1.165) is 11.0 Å². The molecule has 2 heteroatoms. The van der Waals surface area contributed by atoms with Crippen LogP contribution in [-0.2, 0) is 0 Å². The summed E-state index contributed by atoms with van der Waals surface area (Å²) in [6.07, 6.45) is 3.39. The van der Waals surface area contributed by atoms with Crippen molar-refractivity contribution in [1.29, 1.82) is 0 Å². The number of benzene rings is 1. The highest BCUT2D eigenvalue weighted by atomic mass is 14.8. The van der Waals surface area contributed by atoms with Crippen LogP contribution < -0.4 is 0 Å². The summed E-state index contributed by atoms with van der Waals surface area (Å²) < 4.78 is 0. The predicted octanol–water partition coefficient (Wildman–Crippen LogP) is 2.66. The highest BCUT2D eigenvalue weighted by Crippen LogP contribution is 2.04. The van der Waals surface area contributed by atoms with E-state index in [4.69, 9.17) is 0 Å². The summed E-state index contributed by atoms with van der Waals surface area (Å²) in [7, 11) is 0. The molecule has 2 aromatic rings. The van der Waals surface area contributed by atoms with Gasteiger partial charge in [0.1, 0.15) is 0 Å². The monoisotopic (exact) mass is 160 g/mol. The molecule has 0 atom stereocenters. The molecule has 0 aliphatic carbocycles. The lowest BCUT2D eigenvalue weighted by Crippen LogP contribution is -1.78. The minimum absolute atomic E-state index is 0.949. The number of rotatable bonds is 0. The van der Waals surface area contributed by atoms with Gasteiger partial charge in [-0.3, -0.25) is 9.97 Å². The van der Waals surface area contributed by atoms with Crippen molar-refractivity contribution in [3.8, 4) is 0 Å². The maximum absolute atomic E-state index is 4.12. The maximum atomic E-state index is 4.12. The third-order valence-electron chi connectivity index (χ3n) is 1.38. The van der Waals surface area contributed by atoms with Gasteiger partial charge in [-0.25, -0.2) is 0 Å². The number of nitrogens with zero attached hydrogens (tertiary/aromatic N) is 2. The van der Waals surface area contributed by atoms with E-state index < -0.39 is 0 Å². The molecule has 0 saturated heterocycles. The van der Waals surface area contributed by atoms with Crippen molar-refractivity contribution in [3.63, 3.8) is 0 Å². The van der Waals surface area contributed by atoms with Gasteiger partial charge in [0.15, 0.2) is 0 Å². The molecule has 2 nitrogen and oxygen atoms in total. The van der Waals surface area contributed by atoms with E-state index in [9.17, 15) is 0 Å². The molecule has 0 fully saturated rings. The molecular formula is C10H12N2. The van der Waals surface area contributed by atoms with Crippen molar-refractivity contribution in [3.05, 3.63) is 36.7 Å². The predicted molar refractivity (Wildman–Crippen MR) is 50.9 cm³/mol. The number of hydrogen-bond acceptors (Lipinski definition) is 2. The molecule has 62 valence electrons. The fourth-order valence-electron chi connectivity index (χ4n) is 0.910. The molecule has 1 aromatic heterocycles. The summed E-state index contributed by atoms with van der Waals surface area (Å²) in [5.74, 6) is 0. The average molecular weight is 160 g/mol. The van der Waals surface area contributed by atoms with E-state index in [1.807, 2.05) is 38.1 Å². The zero-order valence-corrected chi connectivity index (χ0v) is 7.36. The second-order valence-corrected chi connectivity index (χ2v) is 2.05. The van der Waals surface area contributed by atoms with Gasteiger partial charge in [0, 0.05) is 12.4 Å². The zero-order chi connectivity index (χ0) is 8.81. The molecule has 0 radical (unpaired) electrons. The zero-order valence-electron chi connectivity index (χ0n) is 7.36. The highest BCUT2D eigenvalue weighted by Gasteiger charge is 1.88. The number of aromatic nitrogens is 2. The Labute approximate surface area is 72.3 Å². The van der Waals surface area contributed by atoms with E-state index in [2.05, 4.69) is 9.97 Å². The van der Waals surface area contributed by atoms with E-state index in [1.165, 1.54) is 0 Å². The minimum atomic E-state index is 0.949. The Morgan fingerprint density at radius 2 is 1.25 bits per heavy atom. The Morgan fingerprint density at radius 1 is 0.833 bits per heavy atom. The Balaban J connectivity index is 0.000000336. The lowest BCUT2D eigenvalue weighted by molar-refractivity contribution is 1.29. The summed E-state index contributed by atoms with van der Waals surface area (Å²) in [6, 6.07) is 7.80. The van der Waals surface area contributed by atoms with Gasteiger partial charge < -0.3 is 0 Å². The molecule has 0 bridgehead atoms. The highest BCUT2D eigenvalue weighted by molar-refractivity contribution is 5.72. The normalized spacial score (nSPS) is 8.83. The van der Waals surface area contributed by atoms with Gasteiger partial charge in [0.25, 0.3) is 0 Å². The topological polar surface area (TPSA) is 25.8 Å². The summed E-state index contributed by atoms with van der Waals surface area (Å²) in [4.78, 5) is 8.24. The summed E-state index contributed by atoms with van der Waals surface area (Å²) in [5.41, 5.74) is 1.90. The molecule has 2 rings (SSSR count). The molecule has 0 amide bonds. The molecule has 0 unspecified atom stereocenters. The van der Waals surface area contributed by atoms with Crippen LogP contribution in [0, 0.1) is 0 Å². The SMILES string of the molecule is CC.c1ccc2nccnc2c1. The second kappa shape index (κ2) is 4.44. The van der Waals surface area contributed by atoms with Crippen molar-refractivity contribution >= 4 is 11.0 Å². The first-order valence-electron chi connectivity index (χ1n) is 4.12. The van der Waals surface area contributed by atoms with Crippen LogP contribution in [-0.4, -0.2) is 9.97 Å². The molecule has 0 spiro atoms. The Bertz CT molecular complexity index is 279. The molecular weight excluding hydrogens is 148 g/mol. The fraction of sp³-hybridized carbons (Fsp3) is 0.200. The smallest absolute Gasteiger partial charge is 0.0886 e. The molecule has 1 aromatic carbocycles. The van der Waals surface area contributed by atoms with Crippen molar-refractivity contribution in [1.82, 2.24) is 9.97 Å². The van der Waals surface area contributed by atoms with Crippen molar-refractivity contribution in [2.24, 2.45) is 0 Å². The average Bonchev–Trinajstić information content (AvgIpc) is 2.21. The van der Waals surface area contributed by atoms with Gasteiger partial charge in [0.2, 0.25) is 0 Å². The molecule has 0 N–H and O–H groups in total. The first-order valence-corrected chi connectivity index (χ1v) is 4.12. The third-order valence-corrected chi connectivity index (χ3v) is 1.38. The van der Waals surface area contributed by atoms with E-state index in [0.29, 0.717) is 0 Å². The van der Waals surface area contributed by atoms with Crippen molar-refractivity contribution < 1.29 is 0 Å². The number of hydrogen-bond donors (Lipinski definition) is 0. The first kappa shape index (κ1) is 8.65. The van der Waals surface area contributed by atoms with Crippen LogP contribution in [0.15, 0.2) is 36.7 Å². The summed E-state index contributed by atoms with van der Waals surface area (Å²) in [5, 5.41) is 0. The van der Waals surface area contributed by atoms with Gasteiger partial charge in [0.05, 0.1) is 11.0 Å². The molecule has 12 heavy (non-hydrogen) atoms. The van der Waals surface area contributed by atoms with Gasteiger partial charge in [-0.15, -0.1) is 0 Å². The second-order valence-electron chi connectivity index (χ2n) is 2.05. The third kappa shape index (κ3) is 1.78. The molecule has 0 aliphatic rings. The van der Waals surface area contributed by atoms with Crippen LogP contribution in [0.2, 0.25) is 0 Å². The van der Waals surface area contributed by atoms with Gasteiger partial charge in [-0.1, -0.05) is 26.0 Å². The van der Waals surface area contributed by atoms with Crippen LogP contribution in [0.1, 0.15) is 13.8 Å². The van der Waals surface area contributed by atoms with Crippen LogP contribution in [0.5, 0.6) is 0 Å². The molecule has 1 heterocycles. The standard InChI is InChI=1S/C8H6N2.C2H6/c1-2-4-8-7(3-1)9-5-6-10-8;1-2/h1-6H;1-2H3. The van der Waals surface area contributed by atoms with Gasteiger partial charge in [-0.2, -0.15) is 0 Å². The molecule has 0 saturated carbocycles. The van der Waals surface area contributed by atoms with Gasteiger partial charge in [-0.05, 0) is 12.1 Å². The van der Waals surface area contributed by atoms with Crippen LogP contribution in [0.25, 0.3) is 11.0 Å².